The lowest BCUT2D eigenvalue weighted by atomic mass is 9.94. The zero-order valence-electron chi connectivity index (χ0n) is 16.3. The van der Waals surface area contributed by atoms with E-state index in [1.807, 2.05) is 12.3 Å². The predicted octanol–water partition coefficient (Wildman–Crippen LogP) is 4.34. The molecule has 1 aliphatic heterocycles. The quantitative estimate of drug-likeness (QED) is 0.761. The van der Waals surface area contributed by atoms with Crippen LogP contribution in [0.2, 0.25) is 0 Å². The monoisotopic (exact) mass is 351 g/mol. The van der Waals surface area contributed by atoms with Gasteiger partial charge in [-0.15, -0.1) is 0 Å². The molecule has 0 aromatic carbocycles. The number of nitrogens with one attached hydrogen (secondary N) is 1. The Morgan fingerprint density at radius 3 is 2.88 bits per heavy atom. The Hall–Kier alpha value is -2.14. The summed E-state index contributed by atoms with van der Waals surface area (Å²) in [7, 11) is 0. The zero-order valence-corrected chi connectivity index (χ0v) is 16.3. The van der Waals surface area contributed by atoms with Gasteiger partial charge in [-0.05, 0) is 65.3 Å². The fourth-order valence-corrected chi connectivity index (χ4v) is 4.30. The number of hydrogen-bond acceptors (Lipinski definition) is 3. The van der Waals surface area contributed by atoms with Crippen LogP contribution in [0.3, 0.4) is 0 Å². The van der Waals surface area contributed by atoms with Crippen LogP contribution in [-0.4, -0.2) is 37.7 Å². The molecule has 0 aliphatic carbocycles. The van der Waals surface area contributed by atoms with E-state index in [4.69, 9.17) is 5.10 Å². The van der Waals surface area contributed by atoms with Gasteiger partial charge >= 0.3 is 0 Å². The topological polar surface area (TPSA) is 49.7 Å². The summed E-state index contributed by atoms with van der Waals surface area (Å²) in [6.45, 7) is 12.0. The van der Waals surface area contributed by atoms with Crippen molar-refractivity contribution in [2.75, 3.05) is 13.1 Å². The van der Waals surface area contributed by atoms with E-state index in [9.17, 15) is 0 Å². The van der Waals surface area contributed by atoms with Gasteiger partial charge in [-0.2, -0.15) is 5.10 Å². The molecule has 5 heteroatoms. The summed E-state index contributed by atoms with van der Waals surface area (Å²) in [5.41, 5.74) is 6.22. The Balaban J connectivity index is 1.52. The molecule has 26 heavy (non-hydrogen) atoms. The van der Waals surface area contributed by atoms with Gasteiger partial charge in [0.15, 0.2) is 0 Å². The third-order valence-corrected chi connectivity index (χ3v) is 5.70. The molecular formula is C21H29N5. The number of hydrogen-bond donors (Lipinski definition) is 1. The molecule has 0 unspecified atom stereocenters. The van der Waals surface area contributed by atoms with Crippen molar-refractivity contribution in [3.8, 4) is 0 Å². The number of rotatable bonds is 4. The second-order valence-electron chi connectivity index (χ2n) is 7.93. The van der Waals surface area contributed by atoms with E-state index in [0.29, 0.717) is 12.0 Å². The number of aryl methyl sites for hydroxylation is 1. The average molecular weight is 351 g/mol. The van der Waals surface area contributed by atoms with Crippen molar-refractivity contribution in [2.45, 2.75) is 59.0 Å². The maximum absolute atomic E-state index is 4.76. The number of H-pyrrole nitrogens is 1. The number of fused-ring (bicyclic) bond motifs is 1. The zero-order chi connectivity index (χ0) is 18.3. The highest BCUT2D eigenvalue weighted by Gasteiger charge is 2.25. The van der Waals surface area contributed by atoms with E-state index < -0.39 is 0 Å². The maximum atomic E-state index is 4.76. The van der Waals surface area contributed by atoms with Crippen molar-refractivity contribution in [3.63, 3.8) is 0 Å². The van der Waals surface area contributed by atoms with Crippen molar-refractivity contribution in [3.05, 3.63) is 47.0 Å². The van der Waals surface area contributed by atoms with E-state index in [1.54, 1.807) is 0 Å². The molecule has 4 rings (SSSR count). The second-order valence-corrected chi connectivity index (χ2v) is 7.93. The Kier molecular flexibility index (Phi) is 4.57. The lowest BCUT2D eigenvalue weighted by Gasteiger charge is -2.32. The van der Waals surface area contributed by atoms with Crippen molar-refractivity contribution >= 4 is 11.0 Å². The standard InChI is InChI=1S/C21H29N5/c1-14(2)26-16(4)19(15(3)24-26)13-25-10-6-8-18(12-25)20-11-17-7-5-9-22-21(17)23-20/h5,7,9,11,14,18H,6,8,10,12-13H2,1-4H3,(H,22,23)/t18-/m0/s1. The molecule has 138 valence electrons. The minimum Gasteiger partial charge on any atom is -0.343 e. The Bertz CT molecular complexity index is 871. The van der Waals surface area contributed by atoms with Crippen LogP contribution in [0.25, 0.3) is 11.0 Å². The Morgan fingerprint density at radius 1 is 1.31 bits per heavy atom. The van der Waals surface area contributed by atoms with Crippen LogP contribution in [0.1, 0.15) is 61.3 Å². The minimum atomic E-state index is 0.412. The fraction of sp³-hybridized carbons (Fsp3) is 0.524. The number of piperidine rings is 1. The van der Waals surface area contributed by atoms with Gasteiger partial charge in [-0.3, -0.25) is 9.58 Å². The summed E-state index contributed by atoms with van der Waals surface area (Å²) in [6, 6.07) is 6.83. The van der Waals surface area contributed by atoms with Crippen LogP contribution in [0.15, 0.2) is 24.4 Å². The molecule has 0 spiro atoms. The smallest absolute Gasteiger partial charge is 0.137 e. The normalized spacial score (nSPS) is 18.9. The molecule has 3 aromatic rings. The van der Waals surface area contributed by atoms with Crippen molar-refractivity contribution in [1.29, 1.82) is 0 Å². The van der Waals surface area contributed by atoms with Crippen LogP contribution in [0, 0.1) is 13.8 Å². The molecule has 1 N–H and O–H groups in total. The molecule has 1 fully saturated rings. The summed E-state index contributed by atoms with van der Waals surface area (Å²) in [5, 5.41) is 5.97. The summed E-state index contributed by atoms with van der Waals surface area (Å²) in [6.07, 6.45) is 4.34. The van der Waals surface area contributed by atoms with Gasteiger partial charge in [-0.1, -0.05) is 0 Å². The van der Waals surface area contributed by atoms with E-state index in [-0.39, 0.29) is 0 Å². The van der Waals surface area contributed by atoms with Crippen LogP contribution in [0.4, 0.5) is 0 Å². The van der Waals surface area contributed by atoms with Gasteiger partial charge in [0.2, 0.25) is 0 Å². The van der Waals surface area contributed by atoms with Gasteiger partial charge in [0.25, 0.3) is 0 Å². The Morgan fingerprint density at radius 2 is 2.15 bits per heavy atom. The van der Waals surface area contributed by atoms with Gasteiger partial charge in [0.1, 0.15) is 5.65 Å². The van der Waals surface area contributed by atoms with Crippen LogP contribution in [0.5, 0.6) is 0 Å². The maximum Gasteiger partial charge on any atom is 0.137 e. The SMILES string of the molecule is Cc1nn(C(C)C)c(C)c1CN1CCC[C@H](c2cc3cccnc3[nH]2)C1. The summed E-state index contributed by atoms with van der Waals surface area (Å²) in [5.74, 6) is 0.554. The van der Waals surface area contributed by atoms with E-state index in [1.165, 1.54) is 47.4 Å². The van der Waals surface area contributed by atoms with Crippen molar-refractivity contribution in [2.24, 2.45) is 0 Å². The predicted molar refractivity (Wildman–Crippen MR) is 105 cm³/mol. The van der Waals surface area contributed by atoms with Crippen LogP contribution >= 0.6 is 0 Å². The third kappa shape index (κ3) is 3.16. The largest absolute Gasteiger partial charge is 0.343 e. The summed E-state index contributed by atoms with van der Waals surface area (Å²) >= 11 is 0. The molecule has 0 saturated carbocycles. The highest BCUT2D eigenvalue weighted by atomic mass is 15.3. The van der Waals surface area contributed by atoms with E-state index in [2.05, 4.69) is 59.4 Å². The first-order valence-corrected chi connectivity index (χ1v) is 9.73. The first kappa shape index (κ1) is 17.3. The molecule has 4 heterocycles. The highest BCUT2D eigenvalue weighted by Crippen LogP contribution is 2.30. The molecule has 0 bridgehead atoms. The van der Waals surface area contributed by atoms with Crippen molar-refractivity contribution in [1.82, 2.24) is 24.6 Å². The van der Waals surface area contributed by atoms with E-state index in [0.717, 1.165) is 18.7 Å². The van der Waals surface area contributed by atoms with Crippen molar-refractivity contribution < 1.29 is 0 Å². The number of nitrogens with zero attached hydrogens (tertiary/aromatic N) is 4. The number of pyridine rings is 1. The van der Waals surface area contributed by atoms with Crippen LogP contribution < -0.4 is 0 Å². The summed E-state index contributed by atoms with van der Waals surface area (Å²) in [4.78, 5) is 10.6. The fourth-order valence-electron chi connectivity index (χ4n) is 4.30. The molecule has 1 saturated heterocycles. The molecule has 1 atom stereocenters. The van der Waals surface area contributed by atoms with Crippen LogP contribution in [-0.2, 0) is 6.54 Å². The molecule has 5 nitrogen and oxygen atoms in total. The summed E-state index contributed by atoms with van der Waals surface area (Å²) < 4.78 is 2.16. The van der Waals surface area contributed by atoms with Gasteiger partial charge in [-0.25, -0.2) is 4.98 Å². The first-order valence-electron chi connectivity index (χ1n) is 9.73. The number of likely N-dealkylation sites (tertiary alicyclic amines) is 1. The lowest BCUT2D eigenvalue weighted by Crippen LogP contribution is -2.34. The minimum absolute atomic E-state index is 0.412. The molecule has 3 aromatic heterocycles. The molecule has 0 amide bonds. The third-order valence-electron chi connectivity index (χ3n) is 5.70. The average Bonchev–Trinajstić information content (AvgIpc) is 3.18. The van der Waals surface area contributed by atoms with Gasteiger partial charge in [0, 0.05) is 53.6 Å². The molecule has 1 aliphatic rings. The number of aromatic amines is 1. The molecule has 0 radical (unpaired) electrons. The van der Waals surface area contributed by atoms with Gasteiger partial charge < -0.3 is 4.98 Å². The molecular weight excluding hydrogens is 322 g/mol. The highest BCUT2D eigenvalue weighted by molar-refractivity contribution is 5.76. The number of aromatic nitrogens is 4. The second kappa shape index (κ2) is 6.88. The van der Waals surface area contributed by atoms with Gasteiger partial charge in [0.05, 0.1) is 5.69 Å². The Labute approximate surface area is 155 Å². The first-order chi connectivity index (χ1) is 12.5. The van der Waals surface area contributed by atoms with E-state index >= 15 is 0 Å². The lowest BCUT2D eigenvalue weighted by molar-refractivity contribution is 0.198.